The number of carbonyl (C=O) groups excluding carboxylic acids is 1. The smallest absolute Gasteiger partial charge is 0.322 e. The summed E-state index contributed by atoms with van der Waals surface area (Å²) < 4.78 is 11.6. The second-order valence-corrected chi connectivity index (χ2v) is 7.58. The Labute approximate surface area is 207 Å². The summed E-state index contributed by atoms with van der Waals surface area (Å²) >= 11 is 0. The monoisotopic (exact) mass is 482 g/mol. The van der Waals surface area contributed by atoms with Crippen LogP contribution in [0.2, 0.25) is 0 Å². The molecule has 0 unspecified atom stereocenters. The number of carboxylic acids is 1. The van der Waals surface area contributed by atoms with Crippen molar-refractivity contribution in [3.8, 4) is 35.0 Å². The average molecular weight is 482 g/mol. The molecule has 0 aliphatic heterocycles. The third-order valence-electron chi connectivity index (χ3n) is 5.01. The number of rotatable bonds is 7. The number of carbonyl (C=O) groups is 2. The second-order valence-electron chi connectivity index (χ2n) is 7.58. The molecule has 1 heterocycles. The Hall–Kier alpha value is -5.03. The fourth-order valence-corrected chi connectivity index (χ4v) is 3.40. The van der Waals surface area contributed by atoms with Crippen LogP contribution in [-0.2, 0) is 4.79 Å². The first kappa shape index (κ1) is 24.1. The van der Waals surface area contributed by atoms with E-state index in [1.54, 1.807) is 31.2 Å². The molecule has 0 bridgehead atoms. The van der Waals surface area contributed by atoms with Gasteiger partial charge in [-0.15, -0.1) is 0 Å². The molecule has 180 valence electrons. The van der Waals surface area contributed by atoms with Gasteiger partial charge in [-0.05, 0) is 55.5 Å². The fourth-order valence-electron chi connectivity index (χ4n) is 3.40. The highest BCUT2D eigenvalue weighted by Gasteiger charge is 2.21. The van der Waals surface area contributed by atoms with Gasteiger partial charge in [0.2, 0.25) is 5.88 Å². The minimum absolute atomic E-state index is 0.110. The summed E-state index contributed by atoms with van der Waals surface area (Å²) in [6.07, 6.45) is 0. The third kappa shape index (κ3) is 5.72. The predicted octanol–water partition coefficient (Wildman–Crippen LogP) is 4.35. The van der Waals surface area contributed by atoms with Crippen molar-refractivity contribution in [2.75, 3.05) is 13.2 Å². The number of fused-ring (bicyclic) bond motifs is 1. The second kappa shape index (κ2) is 10.9. The van der Waals surface area contributed by atoms with Crippen LogP contribution in [0.25, 0.3) is 10.8 Å². The largest absolute Gasteiger partial charge is 0.505 e. The van der Waals surface area contributed by atoms with E-state index in [4.69, 9.17) is 14.6 Å². The lowest BCUT2D eigenvalue weighted by atomic mass is 10.1. The molecule has 36 heavy (non-hydrogen) atoms. The first-order valence-electron chi connectivity index (χ1n) is 11.1. The number of aliphatic carboxylic acids is 1. The molecule has 0 atom stereocenters. The van der Waals surface area contributed by atoms with Gasteiger partial charge in [0.25, 0.3) is 5.91 Å². The van der Waals surface area contributed by atoms with Crippen LogP contribution in [-0.4, -0.2) is 40.2 Å². The molecule has 8 nitrogen and oxygen atoms in total. The molecular weight excluding hydrogens is 460 g/mol. The molecule has 1 amide bonds. The Balaban J connectivity index is 1.64. The van der Waals surface area contributed by atoms with Gasteiger partial charge in [0, 0.05) is 16.5 Å². The molecular formula is C28H22N2O6. The molecule has 0 spiro atoms. The Kier molecular flexibility index (Phi) is 7.32. The van der Waals surface area contributed by atoms with Gasteiger partial charge in [-0.2, -0.15) is 0 Å². The minimum Gasteiger partial charge on any atom is -0.505 e. The topological polar surface area (TPSA) is 118 Å². The van der Waals surface area contributed by atoms with Crippen molar-refractivity contribution in [1.29, 1.82) is 0 Å². The first-order valence-corrected chi connectivity index (χ1v) is 11.1. The Morgan fingerprint density at radius 3 is 2.39 bits per heavy atom. The van der Waals surface area contributed by atoms with Crippen LogP contribution < -0.4 is 14.8 Å². The molecule has 8 heteroatoms. The molecule has 0 aliphatic rings. The van der Waals surface area contributed by atoms with E-state index in [9.17, 15) is 14.7 Å². The van der Waals surface area contributed by atoms with E-state index in [1.165, 1.54) is 0 Å². The number of aromatic nitrogens is 1. The highest BCUT2D eigenvalue weighted by Crippen LogP contribution is 2.37. The van der Waals surface area contributed by atoms with E-state index < -0.39 is 18.4 Å². The summed E-state index contributed by atoms with van der Waals surface area (Å²) in [7, 11) is 0. The van der Waals surface area contributed by atoms with Gasteiger partial charge in [-0.3, -0.25) is 9.59 Å². The number of benzene rings is 3. The molecule has 0 radical (unpaired) electrons. The molecule has 0 saturated heterocycles. The number of pyridine rings is 1. The Bertz CT molecular complexity index is 1490. The molecule has 3 N–H and O–H groups in total. The van der Waals surface area contributed by atoms with Crippen molar-refractivity contribution in [2.24, 2.45) is 0 Å². The predicted molar refractivity (Wildman–Crippen MR) is 133 cm³/mol. The number of hydrogen-bond acceptors (Lipinski definition) is 6. The van der Waals surface area contributed by atoms with E-state index in [1.807, 2.05) is 48.5 Å². The number of aromatic hydroxyl groups is 1. The van der Waals surface area contributed by atoms with Crippen molar-refractivity contribution < 1.29 is 29.3 Å². The van der Waals surface area contributed by atoms with Crippen LogP contribution in [0, 0.1) is 11.8 Å². The number of hydrogen-bond donors (Lipinski definition) is 3. The Morgan fingerprint density at radius 1 is 0.917 bits per heavy atom. The number of amides is 1. The maximum absolute atomic E-state index is 12.4. The van der Waals surface area contributed by atoms with Crippen molar-refractivity contribution in [2.45, 2.75) is 6.92 Å². The zero-order chi connectivity index (χ0) is 25.5. The molecule has 4 rings (SSSR count). The van der Waals surface area contributed by atoms with Crippen LogP contribution in [0.5, 0.6) is 23.1 Å². The lowest BCUT2D eigenvalue weighted by Gasteiger charge is -2.13. The van der Waals surface area contributed by atoms with Gasteiger partial charge in [-0.25, -0.2) is 4.98 Å². The maximum Gasteiger partial charge on any atom is 0.322 e. The van der Waals surface area contributed by atoms with Crippen LogP contribution in [0.15, 0.2) is 72.8 Å². The summed E-state index contributed by atoms with van der Waals surface area (Å²) in [5, 5.41) is 22.4. The number of carboxylic acid groups (broad SMARTS) is 1. The normalized spacial score (nSPS) is 10.2. The van der Waals surface area contributed by atoms with Crippen molar-refractivity contribution in [3.63, 3.8) is 0 Å². The van der Waals surface area contributed by atoms with E-state index >= 15 is 0 Å². The summed E-state index contributed by atoms with van der Waals surface area (Å²) in [6, 6.07) is 21.9. The highest BCUT2D eigenvalue weighted by molar-refractivity contribution is 6.04. The lowest BCUT2D eigenvalue weighted by Crippen LogP contribution is -2.30. The van der Waals surface area contributed by atoms with E-state index in [0.29, 0.717) is 22.3 Å². The van der Waals surface area contributed by atoms with E-state index in [0.717, 1.165) is 11.1 Å². The van der Waals surface area contributed by atoms with Crippen molar-refractivity contribution in [3.05, 3.63) is 89.6 Å². The molecule has 4 aromatic rings. The number of ether oxygens (including phenoxy) is 2. The van der Waals surface area contributed by atoms with Crippen molar-refractivity contribution in [1.82, 2.24) is 10.3 Å². The molecule has 0 fully saturated rings. The van der Waals surface area contributed by atoms with Gasteiger partial charge in [0.15, 0.2) is 11.4 Å². The van der Waals surface area contributed by atoms with Crippen LogP contribution in [0.3, 0.4) is 0 Å². The third-order valence-corrected chi connectivity index (χ3v) is 5.01. The molecule has 0 saturated carbocycles. The zero-order valence-corrected chi connectivity index (χ0v) is 19.3. The summed E-state index contributed by atoms with van der Waals surface area (Å²) in [5.41, 5.74) is 1.36. The molecule has 0 aliphatic carbocycles. The molecule has 3 aromatic carbocycles. The average Bonchev–Trinajstić information content (AvgIpc) is 2.88. The van der Waals surface area contributed by atoms with Gasteiger partial charge in [0.1, 0.15) is 18.0 Å². The SMILES string of the molecule is CCOc1nc(C(=O)NCC(=O)O)c(O)c2ccc(Oc3cccc(C#Cc4ccccc4)c3)cc12. The standard InChI is InChI=1S/C28H22N2O6/c1-2-35-28-23-16-21(13-14-22(23)26(33)25(30-28)27(34)29-17-24(31)32)36-20-10-6-9-19(15-20)12-11-18-7-4-3-5-8-18/h3-10,13-16,33H,2,17H2,1H3,(H,29,34)(H,31,32). The fraction of sp³-hybridized carbons (Fsp3) is 0.107. The van der Waals surface area contributed by atoms with Gasteiger partial charge < -0.3 is 25.0 Å². The number of nitrogens with one attached hydrogen (secondary N) is 1. The van der Waals surface area contributed by atoms with Crippen molar-refractivity contribution >= 4 is 22.6 Å². The van der Waals surface area contributed by atoms with E-state index in [2.05, 4.69) is 22.1 Å². The zero-order valence-electron chi connectivity index (χ0n) is 19.3. The lowest BCUT2D eigenvalue weighted by molar-refractivity contribution is -0.135. The highest BCUT2D eigenvalue weighted by atomic mass is 16.5. The van der Waals surface area contributed by atoms with Gasteiger partial charge in [-0.1, -0.05) is 36.1 Å². The van der Waals surface area contributed by atoms with Crippen LogP contribution in [0.4, 0.5) is 0 Å². The maximum atomic E-state index is 12.4. The van der Waals surface area contributed by atoms with Gasteiger partial charge in [0.05, 0.1) is 12.0 Å². The van der Waals surface area contributed by atoms with Gasteiger partial charge >= 0.3 is 5.97 Å². The quantitative estimate of drug-likeness (QED) is 0.335. The van der Waals surface area contributed by atoms with E-state index in [-0.39, 0.29) is 23.9 Å². The Morgan fingerprint density at radius 2 is 1.64 bits per heavy atom. The summed E-state index contributed by atoms with van der Waals surface area (Å²) in [5.74, 6) is 4.93. The van der Waals surface area contributed by atoms with Crippen LogP contribution in [0.1, 0.15) is 28.5 Å². The summed E-state index contributed by atoms with van der Waals surface area (Å²) in [4.78, 5) is 27.3. The first-order chi connectivity index (χ1) is 17.4. The number of nitrogens with zero attached hydrogens (tertiary/aromatic N) is 1. The molecule has 1 aromatic heterocycles. The minimum atomic E-state index is -1.22. The summed E-state index contributed by atoms with van der Waals surface area (Å²) in [6.45, 7) is 1.41. The van der Waals surface area contributed by atoms with Crippen LogP contribution >= 0.6 is 0 Å².